The molecule has 152 valence electrons. The summed E-state index contributed by atoms with van der Waals surface area (Å²) in [6.45, 7) is 3.20. The molecule has 0 radical (unpaired) electrons. The standard InChI is InChI=1S/C21H22BrN3O3S/c1-13-7-8-15(11-18(13)22)20(27)25-21(29)24-16-5-2-4-14(10-16)19(26)23-12-17-6-3-9-28-17/h2,4-5,7-8,10-11,17H,3,6,9,12H2,1H3,(H,23,26)(H2,24,25,27,29). The molecule has 1 unspecified atom stereocenters. The zero-order valence-electron chi connectivity index (χ0n) is 16.0. The second-order valence-corrected chi connectivity index (χ2v) is 8.06. The van der Waals surface area contributed by atoms with Crippen LogP contribution in [0.15, 0.2) is 46.9 Å². The lowest BCUT2D eigenvalue weighted by molar-refractivity contribution is 0.0857. The van der Waals surface area contributed by atoms with E-state index in [4.69, 9.17) is 17.0 Å². The van der Waals surface area contributed by atoms with Crippen molar-refractivity contribution < 1.29 is 14.3 Å². The normalized spacial score (nSPS) is 15.6. The Balaban J connectivity index is 1.55. The van der Waals surface area contributed by atoms with Crippen LogP contribution in [0.5, 0.6) is 0 Å². The molecule has 2 aromatic rings. The van der Waals surface area contributed by atoms with E-state index in [0.29, 0.717) is 23.4 Å². The Morgan fingerprint density at radius 2 is 1.97 bits per heavy atom. The topological polar surface area (TPSA) is 79.5 Å². The molecule has 0 saturated carbocycles. The highest BCUT2D eigenvalue weighted by Crippen LogP contribution is 2.17. The van der Waals surface area contributed by atoms with Gasteiger partial charge in [0.15, 0.2) is 5.11 Å². The molecular weight excluding hydrogens is 454 g/mol. The summed E-state index contributed by atoms with van der Waals surface area (Å²) < 4.78 is 6.37. The van der Waals surface area contributed by atoms with Gasteiger partial charge in [-0.1, -0.05) is 28.1 Å². The molecule has 0 aromatic heterocycles. The maximum Gasteiger partial charge on any atom is 0.257 e. The summed E-state index contributed by atoms with van der Waals surface area (Å²) in [4.78, 5) is 24.7. The first-order valence-corrected chi connectivity index (χ1v) is 10.5. The summed E-state index contributed by atoms with van der Waals surface area (Å²) in [5.74, 6) is -0.489. The van der Waals surface area contributed by atoms with Gasteiger partial charge in [-0.2, -0.15) is 0 Å². The van der Waals surface area contributed by atoms with Crippen molar-refractivity contribution in [1.82, 2.24) is 10.6 Å². The number of carbonyl (C=O) groups is 2. The summed E-state index contributed by atoms with van der Waals surface area (Å²) in [7, 11) is 0. The first-order valence-electron chi connectivity index (χ1n) is 9.31. The third-order valence-electron chi connectivity index (χ3n) is 4.56. The Hall–Kier alpha value is -2.29. The molecule has 2 amide bonds. The summed E-state index contributed by atoms with van der Waals surface area (Å²) in [6.07, 6.45) is 2.08. The number of nitrogens with one attached hydrogen (secondary N) is 3. The van der Waals surface area contributed by atoms with Gasteiger partial charge in [0.25, 0.3) is 11.8 Å². The molecule has 8 heteroatoms. The number of rotatable bonds is 5. The number of amides is 2. The van der Waals surface area contributed by atoms with Crippen LogP contribution < -0.4 is 16.0 Å². The number of benzene rings is 2. The van der Waals surface area contributed by atoms with Crippen molar-refractivity contribution in [2.75, 3.05) is 18.5 Å². The van der Waals surface area contributed by atoms with E-state index in [1.165, 1.54) is 0 Å². The van der Waals surface area contributed by atoms with Crippen molar-refractivity contribution in [2.24, 2.45) is 0 Å². The Labute approximate surface area is 183 Å². The number of aryl methyl sites for hydroxylation is 1. The molecule has 1 fully saturated rings. The molecule has 3 rings (SSSR count). The first-order chi connectivity index (χ1) is 13.9. The van der Waals surface area contributed by atoms with Crippen LogP contribution in [0.25, 0.3) is 0 Å². The molecule has 0 bridgehead atoms. The maximum atomic E-state index is 12.4. The number of carbonyl (C=O) groups excluding carboxylic acids is 2. The molecule has 2 aromatic carbocycles. The van der Waals surface area contributed by atoms with Gasteiger partial charge in [-0.25, -0.2) is 0 Å². The van der Waals surface area contributed by atoms with Crippen LogP contribution in [0, 0.1) is 6.92 Å². The van der Waals surface area contributed by atoms with Gasteiger partial charge in [-0.15, -0.1) is 0 Å². The molecule has 0 spiro atoms. The summed E-state index contributed by atoms with van der Waals surface area (Å²) >= 11 is 8.65. The van der Waals surface area contributed by atoms with Gasteiger partial charge < -0.3 is 15.4 Å². The Morgan fingerprint density at radius 1 is 1.17 bits per heavy atom. The number of thiocarbonyl (C=S) groups is 1. The van der Waals surface area contributed by atoms with Crippen molar-refractivity contribution in [3.63, 3.8) is 0 Å². The molecule has 1 heterocycles. The maximum absolute atomic E-state index is 12.4. The molecule has 29 heavy (non-hydrogen) atoms. The molecular formula is C21H22BrN3O3S. The largest absolute Gasteiger partial charge is 0.376 e. The van der Waals surface area contributed by atoms with Crippen LogP contribution in [-0.2, 0) is 4.74 Å². The van der Waals surface area contributed by atoms with Crippen molar-refractivity contribution in [3.8, 4) is 0 Å². The quantitative estimate of drug-likeness (QED) is 0.573. The lowest BCUT2D eigenvalue weighted by Gasteiger charge is -2.13. The number of hydrogen-bond acceptors (Lipinski definition) is 4. The van der Waals surface area contributed by atoms with Gasteiger partial charge >= 0.3 is 0 Å². The van der Waals surface area contributed by atoms with Crippen molar-refractivity contribution in [3.05, 3.63) is 63.6 Å². The van der Waals surface area contributed by atoms with Crippen LogP contribution in [0.3, 0.4) is 0 Å². The van der Waals surface area contributed by atoms with E-state index in [9.17, 15) is 9.59 Å². The fraction of sp³-hybridized carbons (Fsp3) is 0.286. The lowest BCUT2D eigenvalue weighted by Crippen LogP contribution is -2.34. The fourth-order valence-corrected chi connectivity index (χ4v) is 3.51. The van der Waals surface area contributed by atoms with E-state index in [-0.39, 0.29) is 23.0 Å². The zero-order valence-corrected chi connectivity index (χ0v) is 18.4. The number of anilines is 1. The number of hydrogen-bond donors (Lipinski definition) is 3. The fourth-order valence-electron chi connectivity index (χ4n) is 2.92. The molecule has 1 saturated heterocycles. The smallest absolute Gasteiger partial charge is 0.257 e. The van der Waals surface area contributed by atoms with Gasteiger partial charge in [0.05, 0.1) is 6.10 Å². The van der Waals surface area contributed by atoms with Gasteiger partial charge in [0, 0.05) is 34.4 Å². The molecule has 0 aliphatic carbocycles. The SMILES string of the molecule is Cc1ccc(C(=O)NC(=S)Nc2cccc(C(=O)NCC3CCCO3)c2)cc1Br. The average molecular weight is 476 g/mol. The third kappa shape index (κ3) is 6.09. The average Bonchev–Trinajstić information content (AvgIpc) is 3.22. The first kappa shape index (κ1) is 21.4. The van der Waals surface area contributed by atoms with Gasteiger partial charge in [-0.05, 0) is 67.9 Å². The monoisotopic (exact) mass is 475 g/mol. The van der Waals surface area contributed by atoms with Gasteiger partial charge in [0.2, 0.25) is 0 Å². The van der Waals surface area contributed by atoms with Crippen molar-refractivity contribution in [2.45, 2.75) is 25.9 Å². The molecule has 1 atom stereocenters. The second-order valence-electron chi connectivity index (χ2n) is 6.80. The zero-order chi connectivity index (χ0) is 20.8. The molecule has 3 N–H and O–H groups in total. The minimum Gasteiger partial charge on any atom is -0.376 e. The van der Waals surface area contributed by atoms with Crippen molar-refractivity contribution >= 4 is 50.8 Å². The third-order valence-corrected chi connectivity index (χ3v) is 5.62. The highest BCUT2D eigenvalue weighted by molar-refractivity contribution is 9.10. The van der Waals surface area contributed by atoms with E-state index in [0.717, 1.165) is 29.5 Å². The number of halogens is 1. The van der Waals surface area contributed by atoms with Crippen molar-refractivity contribution in [1.29, 1.82) is 0 Å². The van der Waals surface area contributed by atoms with E-state index in [2.05, 4.69) is 31.9 Å². The van der Waals surface area contributed by atoms with Gasteiger partial charge in [-0.3, -0.25) is 14.9 Å². The predicted molar refractivity (Wildman–Crippen MR) is 120 cm³/mol. The van der Waals surface area contributed by atoms with Gasteiger partial charge in [0.1, 0.15) is 0 Å². The van der Waals surface area contributed by atoms with Crippen LogP contribution in [0.4, 0.5) is 5.69 Å². The van der Waals surface area contributed by atoms with E-state index < -0.39 is 0 Å². The predicted octanol–water partition coefficient (Wildman–Crippen LogP) is 3.79. The highest BCUT2D eigenvalue weighted by atomic mass is 79.9. The number of ether oxygens (including phenoxy) is 1. The van der Waals surface area contributed by atoms with Crippen LogP contribution >= 0.6 is 28.1 Å². The van der Waals surface area contributed by atoms with E-state index >= 15 is 0 Å². The summed E-state index contributed by atoms with van der Waals surface area (Å²) in [6, 6.07) is 12.3. The van der Waals surface area contributed by atoms with E-state index in [1.54, 1.807) is 36.4 Å². The highest BCUT2D eigenvalue weighted by Gasteiger charge is 2.17. The molecule has 1 aliphatic rings. The Bertz CT molecular complexity index is 929. The van der Waals surface area contributed by atoms with Crippen LogP contribution in [0.2, 0.25) is 0 Å². The lowest BCUT2D eigenvalue weighted by atomic mass is 10.1. The second kappa shape index (κ2) is 9.96. The minimum absolute atomic E-state index is 0.0878. The molecule has 6 nitrogen and oxygen atoms in total. The molecule has 1 aliphatic heterocycles. The van der Waals surface area contributed by atoms with Crippen LogP contribution in [0.1, 0.15) is 39.1 Å². The summed E-state index contributed by atoms with van der Waals surface area (Å²) in [5.41, 5.74) is 2.65. The Kier molecular flexibility index (Phi) is 7.35. The summed E-state index contributed by atoms with van der Waals surface area (Å²) in [5, 5.41) is 8.63. The van der Waals surface area contributed by atoms with E-state index in [1.807, 2.05) is 13.0 Å². The van der Waals surface area contributed by atoms with Crippen LogP contribution in [-0.4, -0.2) is 36.2 Å². The Morgan fingerprint density at radius 3 is 2.69 bits per heavy atom. The minimum atomic E-state index is -0.311.